The molecule has 21 heavy (non-hydrogen) atoms. The van der Waals surface area contributed by atoms with E-state index in [1.54, 1.807) is 0 Å². The molecule has 2 unspecified atom stereocenters. The van der Waals surface area contributed by atoms with Crippen LogP contribution in [0.1, 0.15) is 68.4 Å². The average Bonchev–Trinajstić information content (AvgIpc) is 2.89. The van der Waals surface area contributed by atoms with Gasteiger partial charge in [0.05, 0.1) is 11.7 Å². The van der Waals surface area contributed by atoms with E-state index < -0.39 is 0 Å². The van der Waals surface area contributed by atoms with Gasteiger partial charge in [-0.25, -0.2) is 0 Å². The predicted molar refractivity (Wildman–Crippen MR) is 87.5 cm³/mol. The van der Waals surface area contributed by atoms with E-state index in [0.29, 0.717) is 12.0 Å². The van der Waals surface area contributed by atoms with Crippen LogP contribution in [0.25, 0.3) is 0 Å². The minimum absolute atomic E-state index is 0.230. The normalized spacial score (nSPS) is 26.1. The van der Waals surface area contributed by atoms with E-state index in [4.69, 9.17) is 10.5 Å². The third-order valence-corrected chi connectivity index (χ3v) is 5.56. The fourth-order valence-corrected chi connectivity index (χ4v) is 4.34. The molecule has 3 rings (SSSR count). The second-order valence-electron chi connectivity index (χ2n) is 7.05. The number of aryl methyl sites for hydroxylation is 1. The second-order valence-corrected chi connectivity index (χ2v) is 7.05. The summed E-state index contributed by atoms with van der Waals surface area (Å²) in [4.78, 5) is 0. The molecule has 2 N–H and O–H groups in total. The van der Waals surface area contributed by atoms with Crippen LogP contribution >= 0.6 is 0 Å². The van der Waals surface area contributed by atoms with Crippen molar-refractivity contribution < 1.29 is 4.74 Å². The smallest absolute Gasteiger partial charge is 0.0687 e. The minimum atomic E-state index is 0.230. The quantitative estimate of drug-likeness (QED) is 0.895. The van der Waals surface area contributed by atoms with E-state index in [1.807, 2.05) is 0 Å². The Morgan fingerprint density at radius 2 is 1.95 bits per heavy atom. The molecule has 2 fully saturated rings. The van der Waals surface area contributed by atoms with Gasteiger partial charge >= 0.3 is 0 Å². The largest absolute Gasteiger partial charge is 0.372 e. The molecule has 0 aromatic heterocycles. The summed E-state index contributed by atoms with van der Waals surface area (Å²) in [6.07, 6.45) is 10.6. The van der Waals surface area contributed by atoms with E-state index in [9.17, 15) is 0 Å². The fraction of sp³-hybridized carbons (Fsp3) is 0.684. The third-order valence-electron chi connectivity index (χ3n) is 5.56. The molecule has 1 aliphatic heterocycles. The molecule has 2 nitrogen and oxygen atoms in total. The van der Waals surface area contributed by atoms with Crippen molar-refractivity contribution in [2.45, 2.75) is 75.9 Å². The van der Waals surface area contributed by atoms with Crippen LogP contribution in [-0.2, 0) is 4.74 Å². The monoisotopic (exact) mass is 287 g/mol. The topological polar surface area (TPSA) is 35.2 Å². The Hall–Kier alpha value is -0.860. The lowest BCUT2D eigenvalue weighted by atomic mass is 9.83. The summed E-state index contributed by atoms with van der Waals surface area (Å²) in [5.41, 5.74) is 9.07. The zero-order valence-corrected chi connectivity index (χ0v) is 13.3. The van der Waals surface area contributed by atoms with E-state index in [-0.39, 0.29) is 5.60 Å². The highest BCUT2D eigenvalue weighted by Crippen LogP contribution is 2.44. The summed E-state index contributed by atoms with van der Waals surface area (Å²) in [5.74, 6) is 0.440. The van der Waals surface area contributed by atoms with Crippen LogP contribution in [0.4, 0.5) is 0 Å². The van der Waals surface area contributed by atoms with Crippen LogP contribution in [-0.4, -0.2) is 18.2 Å². The Bertz CT molecular complexity index is 464. The van der Waals surface area contributed by atoms with Gasteiger partial charge in [0.1, 0.15) is 0 Å². The van der Waals surface area contributed by atoms with Crippen molar-refractivity contribution in [2.24, 2.45) is 5.73 Å². The van der Waals surface area contributed by atoms with E-state index in [1.165, 1.54) is 56.1 Å². The average molecular weight is 287 g/mol. The molecular formula is C19H29NO. The van der Waals surface area contributed by atoms with Crippen molar-refractivity contribution in [3.8, 4) is 0 Å². The van der Waals surface area contributed by atoms with Crippen molar-refractivity contribution in [1.29, 1.82) is 0 Å². The molecule has 1 aromatic rings. The molecule has 2 atom stereocenters. The van der Waals surface area contributed by atoms with Crippen molar-refractivity contribution in [3.05, 3.63) is 35.4 Å². The van der Waals surface area contributed by atoms with Gasteiger partial charge in [0.2, 0.25) is 0 Å². The van der Waals surface area contributed by atoms with E-state index in [0.717, 1.165) is 13.0 Å². The van der Waals surface area contributed by atoms with Crippen molar-refractivity contribution >= 4 is 0 Å². The van der Waals surface area contributed by atoms with Crippen molar-refractivity contribution in [1.82, 2.24) is 0 Å². The van der Waals surface area contributed by atoms with Crippen LogP contribution in [0, 0.1) is 6.92 Å². The van der Waals surface area contributed by atoms with Crippen molar-refractivity contribution in [2.75, 3.05) is 6.54 Å². The highest BCUT2D eigenvalue weighted by molar-refractivity contribution is 5.29. The Balaban J connectivity index is 1.64. The first kappa shape index (κ1) is 15.1. The van der Waals surface area contributed by atoms with Gasteiger partial charge in [-0.15, -0.1) is 0 Å². The Morgan fingerprint density at radius 3 is 2.67 bits per heavy atom. The molecule has 1 aliphatic carbocycles. The highest BCUT2D eigenvalue weighted by Gasteiger charge is 2.41. The Morgan fingerprint density at radius 1 is 1.19 bits per heavy atom. The maximum absolute atomic E-state index is 6.53. The molecule has 0 bridgehead atoms. The highest BCUT2D eigenvalue weighted by atomic mass is 16.5. The Labute approximate surface area is 129 Å². The molecule has 1 saturated heterocycles. The number of benzene rings is 1. The molecule has 1 aromatic carbocycles. The molecule has 2 aliphatic rings. The second kappa shape index (κ2) is 6.50. The molecule has 1 spiro atoms. The summed E-state index contributed by atoms with van der Waals surface area (Å²) in [5, 5.41) is 0. The number of hydrogen-bond acceptors (Lipinski definition) is 2. The van der Waals surface area contributed by atoms with E-state index >= 15 is 0 Å². The summed E-state index contributed by atoms with van der Waals surface area (Å²) >= 11 is 0. The molecule has 2 heteroatoms. The van der Waals surface area contributed by atoms with E-state index in [2.05, 4.69) is 31.2 Å². The van der Waals surface area contributed by atoms with Gasteiger partial charge in [0.25, 0.3) is 0 Å². The molecular weight excluding hydrogens is 258 g/mol. The van der Waals surface area contributed by atoms with Crippen molar-refractivity contribution in [3.63, 3.8) is 0 Å². The van der Waals surface area contributed by atoms with Gasteiger partial charge in [0.15, 0.2) is 0 Å². The molecule has 1 saturated carbocycles. The Kier molecular flexibility index (Phi) is 4.66. The maximum atomic E-state index is 6.53. The lowest BCUT2D eigenvalue weighted by Gasteiger charge is -2.34. The molecule has 116 valence electrons. The van der Waals surface area contributed by atoms with Crippen LogP contribution < -0.4 is 5.73 Å². The first-order chi connectivity index (χ1) is 10.2. The molecule has 0 radical (unpaired) electrons. The molecule has 1 heterocycles. The SMILES string of the molecule is Cc1ccccc1C(CN)CC1CCC2(CCCCC2)O1. The number of hydrogen-bond donors (Lipinski definition) is 1. The summed E-state index contributed by atoms with van der Waals surface area (Å²) in [7, 11) is 0. The fourth-order valence-electron chi connectivity index (χ4n) is 4.34. The number of ether oxygens (including phenoxy) is 1. The standard InChI is InChI=1S/C19H29NO/c1-15-7-3-4-8-18(15)16(14-20)13-17-9-12-19(21-17)10-5-2-6-11-19/h3-4,7-8,16-17H,2,5-6,9-14,20H2,1H3. The lowest BCUT2D eigenvalue weighted by molar-refractivity contribution is -0.0671. The van der Waals surface area contributed by atoms with Gasteiger partial charge in [-0.1, -0.05) is 43.5 Å². The first-order valence-electron chi connectivity index (χ1n) is 8.66. The molecule has 0 amide bonds. The number of nitrogens with two attached hydrogens (primary N) is 1. The predicted octanol–water partition coefficient (Wildman–Crippen LogP) is 4.31. The van der Waals surface area contributed by atoms with Crippen LogP contribution in [0.15, 0.2) is 24.3 Å². The van der Waals surface area contributed by atoms with Gasteiger partial charge in [-0.3, -0.25) is 0 Å². The maximum Gasteiger partial charge on any atom is 0.0687 e. The minimum Gasteiger partial charge on any atom is -0.372 e. The summed E-state index contributed by atoms with van der Waals surface area (Å²) < 4.78 is 6.53. The zero-order valence-electron chi connectivity index (χ0n) is 13.3. The zero-order chi connectivity index (χ0) is 14.7. The third kappa shape index (κ3) is 3.32. The van der Waals surface area contributed by atoms with Crippen LogP contribution in [0.5, 0.6) is 0 Å². The van der Waals surface area contributed by atoms with Crippen LogP contribution in [0.3, 0.4) is 0 Å². The summed E-state index contributed by atoms with van der Waals surface area (Å²) in [6.45, 7) is 2.91. The number of rotatable bonds is 4. The van der Waals surface area contributed by atoms with Gasteiger partial charge < -0.3 is 10.5 Å². The van der Waals surface area contributed by atoms with Gasteiger partial charge in [-0.2, -0.15) is 0 Å². The summed E-state index contributed by atoms with van der Waals surface area (Å²) in [6, 6.07) is 8.66. The lowest BCUT2D eigenvalue weighted by Crippen LogP contribution is -2.32. The van der Waals surface area contributed by atoms with Crippen LogP contribution in [0.2, 0.25) is 0 Å². The van der Waals surface area contributed by atoms with Gasteiger partial charge in [-0.05, 0) is 62.6 Å². The first-order valence-corrected chi connectivity index (χ1v) is 8.66. The van der Waals surface area contributed by atoms with Gasteiger partial charge in [0, 0.05) is 0 Å².